The molecular formula is C9H22N4OS. The number of hydrogen-bond acceptors (Lipinski definition) is 4. The average molecular weight is 234 g/mol. The lowest BCUT2D eigenvalue weighted by Gasteiger charge is -2.15. The zero-order valence-corrected chi connectivity index (χ0v) is 10.6. The number of nitrogens with two attached hydrogens (primary N) is 1. The molecule has 0 radical (unpaired) electrons. The third kappa shape index (κ3) is 8.53. The van der Waals surface area contributed by atoms with E-state index in [2.05, 4.69) is 28.9 Å². The molecule has 1 unspecified atom stereocenters. The summed E-state index contributed by atoms with van der Waals surface area (Å²) < 4.78 is 4.93. The molecule has 0 saturated carbocycles. The van der Waals surface area contributed by atoms with E-state index in [0.29, 0.717) is 18.5 Å². The van der Waals surface area contributed by atoms with Gasteiger partial charge in [-0.2, -0.15) is 11.8 Å². The fourth-order valence-electron chi connectivity index (χ4n) is 1.06. The largest absolute Gasteiger partial charge is 0.385 e. The Morgan fingerprint density at radius 2 is 2.33 bits per heavy atom. The molecule has 0 rings (SSSR count). The van der Waals surface area contributed by atoms with Crippen molar-refractivity contribution in [3.05, 3.63) is 0 Å². The predicted molar refractivity (Wildman–Crippen MR) is 67.1 cm³/mol. The van der Waals surface area contributed by atoms with Crippen LogP contribution in [0.4, 0.5) is 0 Å². The highest BCUT2D eigenvalue weighted by Gasteiger charge is 2.02. The Kier molecular flexibility index (Phi) is 9.76. The van der Waals surface area contributed by atoms with Crippen molar-refractivity contribution in [2.24, 2.45) is 10.8 Å². The van der Waals surface area contributed by atoms with E-state index in [1.54, 1.807) is 18.9 Å². The molecular weight excluding hydrogens is 212 g/mol. The smallest absolute Gasteiger partial charge is 0.205 e. The fourth-order valence-corrected chi connectivity index (χ4v) is 1.64. The quantitative estimate of drug-likeness (QED) is 0.193. The van der Waals surface area contributed by atoms with E-state index in [1.807, 2.05) is 0 Å². The van der Waals surface area contributed by atoms with Crippen LogP contribution in [0.15, 0.2) is 4.99 Å². The van der Waals surface area contributed by atoms with E-state index in [9.17, 15) is 0 Å². The van der Waals surface area contributed by atoms with Gasteiger partial charge in [0.15, 0.2) is 0 Å². The highest BCUT2D eigenvalue weighted by molar-refractivity contribution is 7.98. The Balaban J connectivity index is 3.78. The minimum atomic E-state index is 0.359. The number of guanidine groups is 1. The number of aliphatic imine (C=N–C) groups is 1. The third-order valence-electron chi connectivity index (χ3n) is 1.71. The second-order valence-electron chi connectivity index (χ2n) is 3.22. The first kappa shape index (κ1) is 14.5. The maximum Gasteiger partial charge on any atom is 0.205 e. The number of hydrogen-bond donors (Lipinski definition) is 3. The lowest BCUT2D eigenvalue weighted by molar-refractivity contribution is 0.197. The molecule has 15 heavy (non-hydrogen) atoms. The second-order valence-corrected chi connectivity index (χ2v) is 4.13. The molecule has 0 aromatic rings. The summed E-state index contributed by atoms with van der Waals surface area (Å²) in [4.78, 5) is 4.28. The normalized spacial score (nSPS) is 13.7. The Morgan fingerprint density at radius 3 is 2.87 bits per heavy atom. The first-order valence-electron chi connectivity index (χ1n) is 5.00. The maximum absolute atomic E-state index is 5.35. The van der Waals surface area contributed by atoms with Gasteiger partial charge < -0.3 is 10.1 Å². The summed E-state index contributed by atoms with van der Waals surface area (Å²) in [5.74, 6) is 7.02. The first-order chi connectivity index (χ1) is 7.24. The van der Waals surface area contributed by atoms with E-state index >= 15 is 0 Å². The van der Waals surface area contributed by atoms with Crippen LogP contribution in [0.5, 0.6) is 0 Å². The van der Waals surface area contributed by atoms with Crippen molar-refractivity contribution in [3.8, 4) is 0 Å². The van der Waals surface area contributed by atoms with Gasteiger partial charge in [0.1, 0.15) is 0 Å². The molecule has 0 aromatic carbocycles. The van der Waals surface area contributed by atoms with Gasteiger partial charge in [0.25, 0.3) is 0 Å². The van der Waals surface area contributed by atoms with Crippen molar-refractivity contribution in [2.75, 3.05) is 32.3 Å². The second kappa shape index (κ2) is 10.1. The number of nitrogens with one attached hydrogen (secondary N) is 2. The average Bonchev–Trinajstić information content (AvgIpc) is 2.23. The number of hydrazine groups is 1. The van der Waals surface area contributed by atoms with Gasteiger partial charge in [-0.05, 0) is 19.6 Å². The summed E-state index contributed by atoms with van der Waals surface area (Å²) in [5.41, 5.74) is 2.56. The van der Waals surface area contributed by atoms with E-state index in [4.69, 9.17) is 10.6 Å². The molecule has 0 amide bonds. The third-order valence-corrected chi connectivity index (χ3v) is 2.55. The monoisotopic (exact) mass is 234 g/mol. The molecule has 0 bridgehead atoms. The molecule has 0 heterocycles. The van der Waals surface area contributed by atoms with Crippen LogP contribution in [-0.4, -0.2) is 44.3 Å². The topological polar surface area (TPSA) is 71.7 Å². The van der Waals surface area contributed by atoms with Gasteiger partial charge in [0, 0.05) is 32.1 Å². The molecule has 0 aliphatic rings. The van der Waals surface area contributed by atoms with E-state index in [0.717, 1.165) is 18.8 Å². The molecule has 0 aliphatic heterocycles. The lowest BCUT2D eigenvalue weighted by atomic mass is 10.4. The summed E-state index contributed by atoms with van der Waals surface area (Å²) in [6.07, 6.45) is 2.98. The molecule has 90 valence electrons. The molecule has 1 atom stereocenters. The minimum absolute atomic E-state index is 0.359. The van der Waals surface area contributed by atoms with Crippen LogP contribution in [0.25, 0.3) is 0 Å². The highest BCUT2D eigenvalue weighted by Crippen LogP contribution is 1.95. The van der Waals surface area contributed by atoms with Gasteiger partial charge in [0.2, 0.25) is 5.96 Å². The van der Waals surface area contributed by atoms with Crippen molar-refractivity contribution >= 4 is 17.7 Å². The summed E-state index contributed by atoms with van der Waals surface area (Å²) in [5, 5.41) is 3.20. The highest BCUT2D eigenvalue weighted by atomic mass is 32.2. The Bertz CT molecular complexity index is 177. The molecule has 0 spiro atoms. The van der Waals surface area contributed by atoms with Gasteiger partial charge in [-0.1, -0.05) is 0 Å². The molecule has 0 aromatic heterocycles. The van der Waals surface area contributed by atoms with E-state index < -0.39 is 0 Å². The summed E-state index contributed by atoms with van der Waals surface area (Å²) in [6.45, 7) is 3.53. The van der Waals surface area contributed by atoms with Gasteiger partial charge in [-0.3, -0.25) is 10.4 Å². The van der Waals surface area contributed by atoms with Gasteiger partial charge in [0.05, 0.1) is 0 Å². The SMILES string of the molecule is COCCCN=C(NN)NC(C)CSC. The van der Waals surface area contributed by atoms with Crippen LogP contribution in [0.2, 0.25) is 0 Å². The Morgan fingerprint density at radius 1 is 1.60 bits per heavy atom. The Hall–Kier alpha value is -0.460. The maximum atomic E-state index is 5.35. The van der Waals surface area contributed by atoms with E-state index in [-0.39, 0.29) is 0 Å². The van der Waals surface area contributed by atoms with Crippen LogP contribution >= 0.6 is 11.8 Å². The van der Waals surface area contributed by atoms with E-state index in [1.165, 1.54) is 0 Å². The van der Waals surface area contributed by atoms with Gasteiger partial charge in [-0.15, -0.1) is 0 Å². The van der Waals surface area contributed by atoms with Crippen LogP contribution in [0.3, 0.4) is 0 Å². The summed E-state index contributed by atoms with van der Waals surface area (Å²) in [7, 11) is 1.69. The zero-order valence-electron chi connectivity index (χ0n) is 9.75. The summed E-state index contributed by atoms with van der Waals surface area (Å²) in [6, 6.07) is 0.359. The standard InChI is InChI=1S/C9H22N4OS/c1-8(7-15-3)12-9(13-10)11-5-4-6-14-2/h8H,4-7,10H2,1-3H3,(H2,11,12,13). The molecule has 6 heteroatoms. The molecule has 0 aliphatic carbocycles. The van der Waals surface area contributed by atoms with Crippen molar-refractivity contribution in [1.82, 2.24) is 10.7 Å². The van der Waals surface area contributed by atoms with Crippen LogP contribution in [-0.2, 0) is 4.74 Å². The predicted octanol–water partition coefficient (Wildman–Crippen LogP) is 0.183. The van der Waals surface area contributed by atoms with Gasteiger partial charge in [-0.25, -0.2) is 5.84 Å². The number of rotatable bonds is 7. The molecule has 0 fully saturated rings. The van der Waals surface area contributed by atoms with Gasteiger partial charge >= 0.3 is 0 Å². The molecule has 5 nitrogen and oxygen atoms in total. The van der Waals surface area contributed by atoms with Crippen molar-refractivity contribution in [3.63, 3.8) is 0 Å². The minimum Gasteiger partial charge on any atom is -0.385 e. The molecule has 0 saturated heterocycles. The zero-order chi connectivity index (χ0) is 11.5. The lowest BCUT2D eigenvalue weighted by Crippen LogP contribution is -2.46. The number of ether oxygens (including phenoxy) is 1. The van der Waals surface area contributed by atoms with Crippen molar-refractivity contribution < 1.29 is 4.74 Å². The van der Waals surface area contributed by atoms with Crippen molar-refractivity contribution in [1.29, 1.82) is 0 Å². The van der Waals surface area contributed by atoms with Crippen molar-refractivity contribution in [2.45, 2.75) is 19.4 Å². The van der Waals surface area contributed by atoms with Crippen LogP contribution in [0.1, 0.15) is 13.3 Å². The van der Waals surface area contributed by atoms with Crippen LogP contribution < -0.4 is 16.6 Å². The number of nitrogens with zero attached hydrogens (tertiary/aromatic N) is 1. The Labute approximate surface area is 96.2 Å². The first-order valence-corrected chi connectivity index (χ1v) is 6.39. The fraction of sp³-hybridized carbons (Fsp3) is 0.889. The summed E-state index contributed by atoms with van der Waals surface area (Å²) >= 11 is 1.79. The molecule has 4 N–H and O–H groups in total. The number of methoxy groups -OCH3 is 1. The van der Waals surface area contributed by atoms with Crippen LogP contribution in [0, 0.1) is 0 Å². The number of thioether (sulfide) groups is 1.